The highest BCUT2D eigenvalue weighted by molar-refractivity contribution is 5.94. The molecule has 0 radical (unpaired) electrons. The number of nitrogens with zero attached hydrogens (tertiary/aromatic N) is 1. The molecule has 0 bridgehead atoms. The van der Waals surface area contributed by atoms with Crippen LogP contribution in [-0.2, 0) is 17.6 Å². The normalized spacial score (nSPS) is 15.5. The van der Waals surface area contributed by atoms with Gasteiger partial charge in [0.25, 0.3) is 0 Å². The van der Waals surface area contributed by atoms with Crippen molar-refractivity contribution in [3.8, 4) is 23.0 Å². The summed E-state index contributed by atoms with van der Waals surface area (Å²) in [6.45, 7) is 4.24. The van der Waals surface area contributed by atoms with Crippen molar-refractivity contribution in [1.82, 2.24) is 0 Å². The molecule has 212 valence electrons. The third-order valence-corrected chi connectivity index (χ3v) is 7.27. The smallest absolute Gasteiger partial charge is 0.193 e. The number of ether oxygens (including phenoxy) is 2. The first-order valence-corrected chi connectivity index (χ1v) is 13.8. The molecule has 0 aromatic heterocycles. The molecule has 0 saturated heterocycles. The highest BCUT2D eigenvalue weighted by atomic mass is 16.5. The van der Waals surface area contributed by atoms with Crippen LogP contribution in [0.1, 0.15) is 63.5 Å². The molecule has 1 aliphatic carbocycles. The van der Waals surface area contributed by atoms with Crippen LogP contribution in [0.4, 0.5) is 5.69 Å². The zero-order valence-corrected chi connectivity index (χ0v) is 23.6. The quantitative estimate of drug-likeness (QED) is 0.118. The van der Waals surface area contributed by atoms with E-state index in [2.05, 4.69) is 24.2 Å². The second kappa shape index (κ2) is 14.5. The van der Waals surface area contributed by atoms with Crippen LogP contribution in [0.25, 0.3) is 0 Å². The number of nitrogens with one attached hydrogen (secondary N) is 1. The molecule has 8 nitrogen and oxygen atoms in total. The van der Waals surface area contributed by atoms with E-state index in [-0.39, 0.29) is 41.1 Å². The van der Waals surface area contributed by atoms with E-state index in [1.165, 1.54) is 20.6 Å². The van der Waals surface area contributed by atoms with Gasteiger partial charge in [-0.15, -0.1) is 0 Å². The second-order valence-electron chi connectivity index (χ2n) is 10.6. The van der Waals surface area contributed by atoms with E-state index in [4.69, 9.17) is 15.2 Å². The Morgan fingerprint density at radius 3 is 2.44 bits per heavy atom. The maximum atomic E-state index is 12.6. The summed E-state index contributed by atoms with van der Waals surface area (Å²) in [6.07, 6.45) is 10.8. The monoisotopic (exact) mass is 537 g/mol. The fourth-order valence-corrected chi connectivity index (χ4v) is 4.87. The zero-order chi connectivity index (χ0) is 28.4. The van der Waals surface area contributed by atoms with E-state index in [1.807, 2.05) is 18.2 Å². The van der Waals surface area contributed by atoms with E-state index in [9.17, 15) is 15.0 Å². The molecular weight excluding hydrogens is 494 g/mol. The van der Waals surface area contributed by atoms with Gasteiger partial charge in [-0.1, -0.05) is 45.3 Å². The van der Waals surface area contributed by atoms with E-state index >= 15 is 0 Å². The van der Waals surface area contributed by atoms with Crippen molar-refractivity contribution in [3.05, 3.63) is 53.6 Å². The lowest BCUT2D eigenvalue weighted by Crippen LogP contribution is -2.26. The van der Waals surface area contributed by atoms with Crippen LogP contribution >= 0.6 is 0 Å². The fraction of sp³-hybridized carbons (Fsp3) is 0.484. The second-order valence-corrected chi connectivity index (χ2v) is 10.6. The third kappa shape index (κ3) is 8.94. The number of nitrogens with two attached hydrogens (primary N) is 1. The van der Waals surface area contributed by atoms with Crippen LogP contribution in [0.2, 0.25) is 0 Å². The summed E-state index contributed by atoms with van der Waals surface area (Å²) >= 11 is 0. The summed E-state index contributed by atoms with van der Waals surface area (Å²) in [5.41, 5.74) is 8.52. The SMILES string of the molecule is COc1cc(CCC(=O)C=CC(Cc2cc(NC(N)=NC3CCCCC3)c(O)c(OC)c2)C(C)C)ccc1O. The van der Waals surface area contributed by atoms with Crippen LogP contribution in [0.3, 0.4) is 0 Å². The van der Waals surface area contributed by atoms with Gasteiger partial charge < -0.3 is 30.7 Å². The molecule has 5 N–H and O–H groups in total. The minimum Gasteiger partial charge on any atom is -0.504 e. The summed E-state index contributed by atoms with van der Waals surface area (Å²) in [7, 11) is 3.02. The topological polar surface area (TPSA) is 126 Å². The molecular formula is C31H43N3O5. The summed E-state index contributed by atoms with van der Waals surface area (Å²) < 4.78 is 10.6. The average Bonchev–Trinajstić information content (AvgIpc) is 2.92. The van der Waals surface area contributed by atoms with Crippen LogP contribution in [0.15, 0.2) is 47.5 Å². The molecule has 39 heavy (non-hydrogen) atoms. The predicted molar refractivity (Wildman–Crippen MR) is 156 cm³/mol. The number of phenolic OH excluding ortho intramolecular Hbond substituents is 2. The highest BCUT2D eigenvalue weighted by Crippen LogP contribution is 2.37. The minimum atomic E-state index is -0.0132. The van der Waals surface area contributed by atoms with E-state index in [0.29, 0.717) is 36.4 Å². The number of carbonyl (C=O) groups is 1. The molecule has 1 unspecified atom stereocenters. The van der Waals surface area contributed by atoms with E-state index in [1.54, 1.807) is 24.3 Å². The van der Waals surface area contributed by atoms with E-state index < -0.39 is 0 Å². The molecule has 1 atom stereocenters. The summed E-state index contributed by atoms with van der Waals surface area (Å²) in [5, 5.41) is 23.5. The number of hydrogen-bond acceptors (Lipinski definition) is 6. The first-order chi connectivity index (χ1) is 18.7. The van der Waals surface area contributed by atoms with Gasteiger partial charge in [-0.25, -0.2) is 4.99 Å². The molecule has 8 heteroatoms. The molecule has 1 fully saturated rings. The maximum Gasteiger partial charge on any atom is 0.193 e. The number of anilines is 1. The van der Waals surface area contributed by atoms with Gasteiger partial charge in [0.2, 0.25) is 0 Å². The number of allylic oxidation sites excluding steroid dienone is 2. The number of carbonyl (C=O) groups excluding carboxylic acids is 1. The van der Waals surface area contributed by atoms with Gasteiger partial charge in [-0.2, -0.15) is 0 Å². The lowest BCUT2D eigenvalue weighted by molar-refractivity contribution is -0.114. The van der Waals surface area contributed by atoms with Crippen molar-refractivity contribution < 1.29 is 24.5 Å². The Hall–Kier alpha value is -3.68. The highest BCUT2D eigenvalue weighted by Gasteiger charge is 2.18. The number of methoxy groups -OCH3 is 2. The van der Waals surface area contributed by atoms with Crippen molar-refractivity contribution in [2.24, 2.45) is 22.6 Å². The molecule has 0 spiro atoms. The van der Waals surface area contributed by atoms with Crippen LogP contribution in [0, 0.1) is 11.8 Å². The number of hydrogen-bond donors (Lipinski definition) is 4. The van der Waals surface area contributed by atoms with Gasteiger partial charge in [0.05, 0.1) is 25.9 Å². The Bertz CT molecular complexity index is 1170. The molecule has 0 heterocycles. The molecule has 1 aliphatic rings. The van der Waals surface area contributed by atoms with Gasteiger partial charge in [-0.05, 0) is 79.0 Å². The van der Waals surface area contributed by atoms with Crippen LogP contribution in [-0.4, -0.2) is 42.2 Å². The fourth-order valence-electron chi connectivity index (χ4n) is 4.87. The van der Waals surface area contributed by atoms with Crippen molar-refractivity contribution in [3.63, 3.8) is 0 Å². The Kier molecular flexibility index (Phi) is 11.1. The first-order valence-electron chi connectivity index (χ1n) is 13.8. The molecule has 3 rings (SSSR count). The molecule has 0 amide bonds. The van der Waals surface area contributed by atoms with E-state index in [0.717, 1.165) is 36.8 Å². The number of rotatable bonds is 12. The van der Waals surface area contributed by atoms with Crippen molar-refractivity contribution in [1.29, 1.82) is 0 Å². The van der Waals surface area contributed by atoms with Gasteiger partial charge in [0.1, 0.15) is 0 Å². The van der Waals surface area contributed by atoms with Crippen molar-refractivity contribution >= 4 is 17.4 Å². The van der Waals surface area contributed by atoms with Crippen molar-refractivity contribution in [2.45, 2.75) is 71.3 Å². The summed E-state index contributed by atoms with van der Waals surface area (Å²) in [6, 6.07) is 9.01. The average molecular weight is 538 g/mol. The number of guanidine groups is 1. The van der Waals surface area contributed by atoms with Gasteiger partial charge in [0, 0.05) is 6.42 Å². The van der Waals surface area contributed by atoms with Crippen molar-refractivity contribution in [2.75, 3.05) is 19.5 Å². The van der Waals surface area contributed by atoms with Gasteiger partial charge >= 0.3 is 0 Å². The largest absolute Gasteiger partial charge is 0.504 e. The maximum absolute atomic E-state index is 12.6. The summed E-state index contributed by atoms with van der Waals surface area (Å²) in [4.78, 5) is 17.3. The third-order valence-electron chi connectivity index (χ3n) is 7.27. The predicted octanol–water partition coefficient (Wildman–Crippen LogP) is 5.75. The Labute approximate surface area is 231 Å². The number of benzene rings is 2. The van der Waals surface area contributed by atoms with Crippen LogP contribution in [0.5, 0.6) is 23.0 Å². The molecule has 1 saturated carbocycles. The lowest BCUT2D eigenvalue weighted by Gasteiger charge is -2.20. The number of aryl methyl sites for hydroxylation is 1. The Morgan fingerprint density at radius 2 is 1.77 bits per heavy atom. The number of phenols is 2. The number of aliphatic imine (C=N–C) groups is 1. The first kappa shape index (κ1) is 29.9. The van der Waals surface area contributed by atoms with Gasteiger partial charge in [0.15, 0.2) is 34.7 Å². The zero-order valence-electron chi connectivity index (χ0n) is 23.6. The Balaban J connectivity index is 1.68. The Morgan fingerprint density at radius 1 is 1.08 bits per heavy atom. The minimum absolute atomic E-state index is 0.0132. The summed E-state index contributed by atoms with van der Waals surface area (Å²) in [5.74, 6) is 1.51. The van der Waals surface area contributed by atoms with Crippen LogP contribution < -0.4 is 20.5 Å². The van der Waals surface area contributed by atoms with Gasteiger partial charge in [-0.3, -0.25) is 4.79 Å². The number of ketones is 1. The molecule has 2 aromatic rings. The standard InChI is InChI=1S/C31H43N3O5/c1-20(2)23(12-14-25(35)13-10-21-11-15-27(36)28(18-21)38-3)16-22-17-26(30(37)29(19-22)39-4)34-31(32)33-24-8-6-5-7-9-24/h11-12,14-15,17-20,23-24,36-37H,5-10,13,16H2,1-4H3,(H3,32,33,34). The lowest BCUT2D eigenvalue weighted by atomic mass is 9.88. The molecule has 0 aliphatic heterocycles. The number of aromatic hydroxyl groups is 2. The molecule has 2 aromatic carbocycles.